The molecule has 1 aromatic heterocycles. The number of halogens is 1. The minimum Gasteiger partial charge on any atom is -0.495 e. The fourth-order valence-corrected chi connectivity index (χ4v) is 2.97. The molecule has 1 unspecified atom stereocenters. The average Bonchev–Trinajstić information content (AvgIpc) is 2.70. The number of nitrogens with one attached hydrogen (secondary N) is 3. The third-order valence-electron chi connectivity index (χ3n) is 4.19. The van der Waals surface area contributed by atoms with Gasteiger partial charge in [-0.3, -0.25) is 4.79 Å². The van der Waals surface area contributed by atoms with Gasteiger partial charge in [0.25, 0.3) is 5.91 Å². The maximum absolute atomic E-state index is 12.5. The number of ether oxygens (including phenoxy) is 2. The van der Waals surface area contributed by atoms with E-state index in [0.29, 0.717) is 40.4 Å². The molecular formula is C18H22ClN5O3. The van der Waals surface area contributed by atoms with Crippen molar-refractivity contribution in [2.45, 2.75) is 18.9 Å². The Labute approximate surface area is 162 Å². The molecule has 0 aliphatic carbocycles. The number of amides is 1. The predicted octanol–water partition coefficient (Wildman–Crippen LogP) is 2.83. The number of hydrogen-bond donors (Lipinski definition) is 3. The van der Waals surface area contributed by atoms with Gasteiger partial charge in [-0.2, -0.15) is 4.98 Å². The molecule has 1 atom stereocenters. The summed E-state index contributed by atoms with van der Waals surface area (Å²) in [4.78, 5) is 20.9. The predicted molar refractivity (Wildman–Crippen MR) is 104 cm³/mol. The maximum atomic E-state index is 12.5. The van der Waals surface area contributed by atoms with E-state index in [1.54, 1.807) is 32.4 Å². The lowest BCUT2D eigenvalue weighted by Gasteiger charge is -2.23. The summed E-state index contributed by atoms with van der Waals surface area (Å²) in [5, 5.41) is 9.38. The Kier molecular flexibility index (Phi) is 6.31. The molecule has 1 saturated heterocycles. The highest BCUT2D eigenvalue weighted by Gasteiger charge is 2.18. The van der Waals surface area contributed by atoms with Crippen molar-refractivity contribution in [2.24, 2.45) is 0 Å². The zero-order valence-corrected chi connectivity index (χ0v) is 16.0. The number of carbonyl (C=O) groups is 1. The third kappa shape index (κ3) is 4.78. The van der Waals surface area contributed by atoms with Gasteiger partial charge in [0.1, 0.15) is 16.6 Å². The van der Waals surface area contributed by atoms with Crippen LogP contribution in [0.25, 0.3) is 0 Å². The molecule has 1 amide bonds. The number of aromatic nitrogens is 2. The molecule has 2 heterocycles. The number of benzene rings is 1. The molecular weight excluding hydrogens is 370 g/mol. The molecule has 1 aromatic carbocycles. The number of carbonyl (C=O) groups excluding carboxylic acids is 1. The van der Waals surface area contributed by atoms with Crippen molar-refractivity contribution >= 4 is 35.0 Å². The monoisotopic (exact) mass is 391 g/mol. The summed E-state index contributed by atoms with van der Waals surface area (Å²) in [5.41, 5.74) is 1.15. The second-order valence-corrected chi connectivity index (χ2v) is 6.47. The molecule has 2 aromatic rings. The smallest absolute Gasteiger partial charge is 0.251 e. The Morgan fingerprint density at radius 2 is 2.26 bits per heavy atom. The topological polar surface area (TPSA) is 97.4 Å². The molecule has 0 saturated carbocycles. The summed E-state index contributed by atoms with van der Waals surface area (Å²) in [6.07, 6.45) is 3.38. The minimum atomic E-state index is -0.157. The molecule has 0 bridgehead atoms. The maximum Gasteiger partial charge on any atom is 0.251 e. The Balaban J connectivity index is 1.74. The first-order valence-corrected chi connectivity index (χ1v) is 9.02. The Bertz CT molecular complexity index is 812. The van der Waals surface area contributed by atoms with Crippen LogP contribution in [0.1, 0.15) is 23.2 Å². The van der Waals surface area contributed by atoms with Crippen molar-refractivity contribution < 1.29 is 14.3 Å². The Hall–Kier alpha value is -2.58. The van der Waals surface area contributed by atoms with Gasteiger partial charge in [-0.1, -0.05) is 11.6 Å². The van der Waals surface area contributed by atoms with Crippen molar-refractivity contribution in [3.8, 4) is 5.75 Å². The van der Waals surface area contributed by atoms with Gasteiger partial charge in [-0.15, -0.1) is 0 Å². The van der Waals surface area contributed by atoms with E-state index < -0.39 is 0 Å². The van der Waals surface area contributed by atoms with E-state index in [1.807, 2.05) is 0 Å². The SMILES string of the molecule is CNc1nc(Nc2ccc(C(=O)NC3CCCOC3)cc2OC)ncc1Cl. The lowest BCUT2D eigenvalue weighted by atomic mass is 10.1. The molecule has 1 aliphatic rings. The van der Waals surface area contributed by atoms with E-state index in [-0.39, 0.29) is 11.9 Å². The van der Waals surface area contributed by atoms with Crippen molar-refractivity contribution in [1.82, 2.24) is 15.3 Å². The first-order chi connectivity index (χ1) is 13.1. The largest absolute Gasteiger partial charge is 0.495 e. The molecule has 144 valence electrons. The van der Waals surface area contributed by atoms with Gasteiger partial charge in [0.2, 0.25) is 5.95 Å². The van der Waals surface area contributed by atoms with Crippen LogP contribution >= 0.6 is 11.6 Å². The Morgan fingerprint density at radius 1 is 1.41 bits per heavy atom. The van der Waals surface area contributed by atoms with Crippen molar-refractivity contribution in [3.05, 3.63) is 35.0 Å². The van der Waals surface area contributed by atoms with Crippen LogP contribution in [0.15, 0.2) is 24.4 Å². The van der Waals surface area contributed by atoms with E-state index in [1.165, 1.54) is 6.20 Å². The summed E-state index contributed by atoms with van der Waals surface area (Å²) >= 11 is 6.00. The average molecular weight is 392 g/mol. The fourth-order valence-electron chi connectivity index (χ4n) is 2.78. The summed E-state index contributed by atoms with van der Waals surface area (Å²) in [7, 11) is 3.27. The fraction of sp³-hybridized carbons (Fsp3) is 0.389. The van der Waals surface area contributed by atoms with Crippen LogP contribution in [0.4, 0.5) is 17.5 Å². The van der Waals surface area contributed by atoms with Gasteiger partial charge >= 0.3 is 0 Å². The molecule has 0 radical (unpaired) electrons. The zero-order valence-electron chi connectivity index (χ0n) is 15.2. The third-order valence-corrected chi connectivity index (χ3v) is 4.46. The second-order valence-electron chi connectivity index (χ2n) is 6.07. The highest BCUT2D eigenvalue weighted by molar-refractivity contribution is 6.32. The van der Waals surface area contributed by atoms with Crippen LogP contribution in [-0.4, -0.2) is 49.3 Å². The van der Waals surface area contributed by atoms with E-state index in [4.69, 9.17) is 21.1 Å². The highest BCUT2D eigenvalue weighted by atomic mass is 35.5. The molecule has 0 spiro atoms. The number of anilines is 3. The summed E-state index contributed by atoms with van der Waals surface area (Å²) in [6.45, 7) is 1.30. The summed E-state index contributed by atoms with van der Waals surface area (Å²) < 4.78 is 10.8. The lowest BCUT2D eigenvalue weighted by Crippen LogP contribution is -2.40. The normalized spacial score (nSPS) is 16.5. The van der Waals surface area contributed by atoms with E-state index >= 15 is 0 Å². The van der Waals surface area contributed by atoms with Crippen LogP contribution in [0.2, 0.25) is 5.02 Å². The van der Waals surface area contributed by atoms with Crippen molar-refractivity contribution in [2.75, 3.05) is 38.0 Å². The van der Waals surface area contributed by atoms with Crippen molar-refractivity contribution in [3.63, 3.8) is 0 Å². The van der Waals surface area contributed by atoms with Gasteiger partial charge < -0.3 is 25.4 Å². The molecule has 3 N–H and O–H groups in total. The summed E-state index contributed by atoms with van der Waals surface area (Å²) in [5.74, 6) is 1.22. The Morgan fingerprint density at radius 3 is 2.96 bits per heavy atom. The first kappa shape index (κ1) is 19.2. The van der Waals surface area contributed by atoms with Gasteiger partial charge in [0.05, 0.1) is 31.6 Å². The molecule has 1 aliphatic heterocycles. The molecule has 1 fully saturated rings. The second kappa shape index (κ2) is 8.88. The zero-order chi connectivity index (χ0) is 19.2. The van der Waals surface area contributed by atoms with Gasteiger partial charge in [-0.25, -0.2) is 4.98 Å². The van der Waals surface area contributed by atoms with Crippen LogP contribution in [-0.2, 0) is 4.74 Å². The van der Waals surface area contributed by atoms with Crippen LogP contribution in [0.3, 0.4) is 0 Å². The van der Waals surface area contributed by atoms with Crippen LogP contribution in [0, 0.1) is 0 Å². The quantitative estimate of drug-likeness (QED) is 0.696. The van der Waals surface area contributed by atoms with E-state index in [9.17, 15) is 4.79 Å². The van der Waals surface area contributed by atoms with E-state index in [2.05, 4.69) is 25.9 Å². The molecule has 8 nitrogen and oxygen atoms in total. The minimum absolute atomic E-state index is 0.0393. The number of hydrogen-bond acceptors (Lipinski definition) is 7. The highest BCUT2D eigenvalue weighted by Crippen LogP contribution is 2.29. The molecule has 3 rings (SSSR count). The van der Waals surface area contributed by atoms with Crippen LogP contribution < -0.4 is 20.7 Å². The van der Waals surface area contributed by atoms with Crippen LogP contribution in [0.5, 0.6) is 5.75 Å². The van der Waals surface area contributed by atoms with Crippen molar-refractivity contribution in [1.29, 1.82) is 0 Å². The molecule has 9 heteroatoms. The standard InChI is InChI=1S/C18H22ClN5O3/c1-20-16-13(19)9-21-18(24-16)23-14-6-5-11(8-15(14)26-2)17(25)22-12-4-3-7-27-10-12/h5-6,8-9,12H,3-4,7,10H2,1-2H3,(H,22,25)(H2,20,21,23,24). The number of rotatable bonds is 6. The number of nitrogens with zero attached hydrogens (tertiary/aromatic N) is 2. The van der Waals surface area contributed by atoms with Gasteiger partial charge in [0.15, 0.2) is 0 Å². The van der Waals surface area contributed by atoms with Gasteiger partial charge in [0, 0.05) is 19.2 Å². The lowest BCUT2D eigenvalue weighted by molar-refractivity contribution is 0.0624. The molecule has 27 heavy (non-hydrogen) atoms. The number of methoxy groups -OCH3 is 1. The first-order valence-electron chi connectivity index (χ1n) is 8.64. The van der Waals surface area contributed by atoms with E-state index in [0.717, 1.165) is 19.4 Å². The van der Waals surface area contributed by atoms with Gasteiger partial charge in [-0.05, 0) is 31.0 Å². The summed E-state index contributed by atoms with van der Waals surface area (Å²) in [6, 6.07) is 5.19.